The lowest BCUT2D eigenvalue weighted by Crippen LogP contribution is -2.52. The molecular formula is C26H29ClFNO3. The lowest BCUT2D eigenvalue weighted by molar-refractivity contribution is -0.147. The molecule has 1 spiro atoms. The number of fused-ring (bicyclic) bond motifs is 2. The number of hydrogen-bond donors (Lipinski definition) is 2. The van der Waals surface area contributed by atoms with Gasteiger partial charge in [-0.15, -0.1) is 0 Å². The van der Waals surface area contributed by atoms with Gasteiger partial charge in [-0.1, -0.05) is 48.4 Å². The van der Waals surface area contributed by atoms with Crippen molar-refractivity contribution >= 4 is 29.3 Å². The molecule has 0 aromatic heterocycles. The number of nitrogens with one attached hydrogen (secondary N) is 1. The summed E-state index contributed by atoms with van der Waals surface area (Å²) in [4.78, 5) is 13.0. The minimum absolute atomic E-state index is 0.0763. The Bertz CT molecular complexity index is 1040. The van der Waals surface area contributed by atoms with Crippen LogP contribution in [0.1, 0.15) is 50.2 Å². The Morgan fingerprint density at radius 3 is 2.59 bits per heavy atom. The Balaban J connectivity index is 1.68. The van der Waals surface area contributed by atoms with Crippen molar-refractivity contribution in [1.82, 2.24) is 0 Å². The zero-order valence-corrected chi connectivity index (χ0v) is 19.2. The van der Waals surface area contributed by atoms with Gasteiger partial charge in [-0.05, 0) is 67.9 Å². The molecule has 0 heterocycles. The van der Waals surface area contributed by atoms with E-state index in [1.807, 2.05) is 31.2 Å². The van der Waals surface area contributed by atoms with E-state index in [4.69, 9.17) is 16.3 Å². The van der Waals surface area contributed by atoms with E-state index in [1.165, 1.54) is 13.2 Å². The fourth-order valence-corrected chi connectivity index (χ4v) is 5.58. The Kier molecular flexibility index (Phi) is 6.33. The Labute approximate surface area is 193 Å². The molecular weight excluding hydrogens is 429 g/mol. The fourth-order valence-electron chi connectivity index (χ4n) is 5.39. The number of halogens is 2. The molecule has 4 rings (SSSR count). The van der Waals surface area contributed by atoms with Crippen LogP contribution in [0.25, 0.3) is 6.08 Å². The number of benzene rings is 2. The Morgan fingerprint density at radius 2 is 1.94 bits per heavy atom. The molecule has 4 nitrogen and oxygen atoms in total. The summed E-state index contributed by atoms with van der Waals surface area (Å²) < 4.78 is 19.9. The van der Waals surface area contributed by atoms with Crippen LogP contribution >= 0.6 is 11.6 Å². The first-order chi connectivity index (χ1) is 15.3. The SMILES string of the molecule is COC(=O)C1(Nc2cccc(Cl)c2)CCC2(CC1)C(C[C@@H](C)CO)=Cc1c(F)cccc12. The molecule has 0 unspecified atom stereocenters. The van der Waals surface area contributed by atoms with Crippen molar-refractivity contribution in [1.29, 1.82) is 0 Å². The number of rotatable bonds is 6. The summed E-state index contributed by atoms with van der Waals surface area (Å²) in [5.74, 6) is -0.457. The van der Waals surface area contributed by atoms with Crippen molar-refractivity contribution in [2.45, 2.75) is 50.0 Å². The lowest BCUT2D eigenvalue weighted by Gasteiger charge is -2.46. The minimum Gasteiger partial charge on any atom is -0.467 e. The summed E-state index contributed by atoms with van der Waals surface area (Å²) in [6.07, 6.45) is 5.08. The summed E-state index contributed by atoms with van der Waals surface area (Å²) >= 11 is 6.15. The van der Waals surface area contributed by atoms with Gasteiger partial charge in [0.15, 0.2) is 0 Å². The molecule has 170 valence electrons. The van der Waals surface area contributed by atoms with Crippen LogP contribution in [-0.4, -0.2) is 30.3 Å². The second-order valence-electron chi connectivity index (χ2n) is 9.15. The first-order valence-corrected chi connectivity index (χ1v) is 11.4. The van der Waals surface area contributed by atoms with Gasteiger partial charge in [0.05, 0.1) is 7.11 Å². The van der Waals surface area contributed by atoms with Crippen molar-refractivity contribution < 1.29 is 19.0 Å². The number of anilines is 1. The number of ether oxygens (including phenoxy) is 1. The summed E-state index contributed by atoms with van der Waals surface area (Å²) in [7, 11) is 1.41. The van der Waals surface area contributed by atoms with Crippen LogP contribution in [0.5, 0.6) is 0 Å². The van der Waals surface area contributed by atoms with Crippen LogP contribution in [0, 0.1) is 11.7 Å². The third-order valence-corrected chi connectivity index (χ3v) is 7.36. The van der Waals surface area contributed by atoms with Gasteiger partial charge in [0.25, 0.3) is 0 Å². The van der Waals surface area contributed by atoms with E-state index in [2.05, 4.69) is 5.32 Å². The monoisotopic (exact) mass is 457 g/mol. The highest BCUT2D eigenvalue weighted by Gasteiger charge is 2.52. The van der Waals surface area contributed by atoms with Gasteiger partial charge in [0, 0.05) is 28.3 Å². The maximum absolute atomic E-state index is 14.7. The number of aliphatic hydroxyl groups is 1. The van der Waals surface area contributed by atoms with Crippen LogP contribution in [0.2, 0.25) is 5.02 Å². The lowest BCUT2D eigenvalue weighted by atomic mass is 9.61. The molecule has 0 saturated heterocycles. The van der Waals surface area contributed by atoms with E-state index >= 15 is 0 Å². The number of carbonyl (C=O) groups is 1. The molecule has 2 aromatic rings. The van der Waals surface area contributed by atoms with E-state index < -0.39 is 5.54 Å². The van der Waals surface area contributed by atoms with Crippen LogP contribution in [0.3, 0.4) is 0 Å². The maximum Gasteiger partial charge on any atom is 0.331 e. The molecule has 1 atom stereocenters. The summed E-state index contributed by atoms with van der Waals surface area (Å²) in [6.45, 7) is 2.07. The molecule has 0 amide bonds. The van der Waals surface area contributed by atoms with Gasteiger partial charge < -0.3 is 15.2 Å². The molecule has 1 saturated carbocycles. The molecule has 32 heavy (non-hydrogen) atoms. The molecule has 2 N–H and O–H groups in total. The van der Waals surface area contributed by atoms with E-state index in [1.54, 1.807) is 18.2 Å². The van der Waals surface area contributed by atoms with E-state index in [-0.39, 0.29) is 29.7 Å². The number of hydrogen-bond acceptors (Lipinski definition) is 4. The Morgan fingerprint density at radius 1 is 1.22 bits per heavy atom. The van der Waals surface area contributed by atoms with Gasteiger partial charge in [0.1, 0.15) is 11.4 Å². The molecule has 2 aromatic carbocycles. The van der Waals surface area contributed by atoms with Crippen LogP contribution in [-0.2, 0) is 14.9 Å². The van der Waals surface area contributed by atoms with Crippen LogP contribution < -0.4 is 5.32 Å². The molecule has 0 bridgehead atoms. The van der Waals surface area contributed by atoms with Crippen molar-refractivity contribution in [2.24, 2.45) is 5.92 Å². The van der Waals surface area contributed by atoms with Crippen molar-refractivity contribution in [2.75, 3.05) is 19.0 Å². The quantitative estimate of drug-likeness (QED) is 0.544. The van der Waals surface area contributed by atoms with E-state index in [0.29, 0.717) is 42.7 Å². The number of allylic oxidation sites excluding steroid dienone is 1. The normalized spacial score (nSPS) is 25.2. The maximum atomic E-state index is 14.7. The molecule has 1 fully saturated rings. The van der Waals surface area contributed by atoms with Crippen molar-refractivity contribution in [3.05, 3.63) is 70.0 Å². The molecule has 0 radical (unpaired) electrons. The fraction of sp³-hybridized carbons (Fsp3) is 0.423. The first-order valence-electron chi connectivity index (χ1n) is 11.1. The van der Waals surface area contributed by atoms with Crippen LogP contribution in [0.15, 0.2) is 48.0 Å². The van der Waals surface area contributed by atoms with Crippen LogP contribution in [0.4, 0.5) is 10.1 Å². The molecule has 6 heteroatoms. The highest BCUT2D eigenvalue weighted by atomic mass is 35.5. The van der Waals surface area contributed by atoms with E-state index in [9.17, 15) is 14.3 Å². The van der Waals surface area contributed by atoms with Gasteiger partial charge in [-0.2, -0.15) is 0 Å². The number of methoxy groups -OCH3 is 1. The number of esters is 1. The topological polar surface area (TPSA) is 58.6 Å². The smallest absolute Gasteiger partial charge is 0.331 e. The third-order valence-electron chi connectivity index (χ3n) is 7.12. The van der Waals surface area contributed by atoms with Gasteiger partial charge in [0.2, 0.25) is 0 Å². The number of carbonyl (C=O) groups excluding carboxylic acids is 1. The third kappa shape index (κ3) is 3.93. The standard InChI is InChI=1S/C26H29ClFNO3/c1-17(16-30)13-18-14-21-22(7-4-8-23(21)28)25(18)9-11-26(12-10-25,24(31)32-2)29-20-6-3-5-19(27)15-20/h3-8,14-15,17,29-30H,9-13,16H2,1-2H3/t17-,25?,26?/m1/s1. The zero-order valence-electron chi connectivity index (χ0n) is 18.5. The molecule has 0 aliphatic heterocycles. The van der Waals surface area contributed by atoms with E-state index in [0.717, 1.165) is 16.8 Å². The van der Waals surface area contributed by atoms with Gasteiger partial charge >= 0.3 is 5.97 Å². The average molecular weight is 458 g/mol. The van der Waals surface area contributed by atoms with Gasteiger partial charge in [-0.3, -0.25) is 0 Å². The predicted molar refractivity (Wildman–Crippen MR) is 125 cm³/mol. The largest absolute Gasteiger partial charge is 0.467 e. The second kappa shape index (κ2) is 8.87. The highest BCUT2D eigenvalue weighted by Crippen LogP contribution is 2.55. The zero-order chi connectivity index (χ0) is 22.9. The first kappa shape index (κ1) is 22.8. The second-order valence-corrected chi connectivity index (χ2v) is 9.59. The number of aliphatic hydroxyl groups excluding tert-OH is 1. The Hall–Kier alpha value is -2.37. The predicted octanol–water partition coefficient (Wildman–Crippen LogP) is 5.73. The summed E-state index contributed by atoms with van der Waals surface area (Å²) in [5, 5.41) is 13.6. The summed E-state index contributed by atoms with van der Waals surface area (Å²) in [6, 6.07) is 12.6. The highest BCUT2D eigenvalue weighted by molar-refractivity contribution is 6.30. The summed E-state index contributed by atoms with van der Waals surface area (Å²) in [5.41, 5.74) is 2.31. The minimum atomic E-state index is -0.880. The molecule has 2 aliphatic carbocycles. The average Bonchev–Trinajstić information content (AvgIpc) is 3.09. The van der Waals surface area contributed by atoms with Gasteiger partial charge in [-0.25, -0.2) is 9.18 Å². The van der Waals surface area contributed by atoms with Crippen molar-refractivity contribution in [3.8, 4) is 0 Å². The van der Waals surface area contributed by atoms with Crippen molar-refractivity contribution in [3.63, 3.8) is 0 Å². The molecule has 2 aliphatic rings.